The highest BCUT2D eigenvalue weighted by molar-refractivity contribution is 5.76. The minimum atomic E-state index is -1.02. The number of carbonyl (C=O) groups is 1. The van der Waals surface area contributed by atoms with Crippen LogP contribution in [-0.4, -0.2) is 50.3 Å². The van der Waals surface area contributed by atoms with Gasteiger partial charge in [0.05, 0.1) is 12.1 Å². The molecular formula is C25H34N2O3. The van der Waals surface area contributed by atoms with Crippen molar-refractivity contribution < 1.29 is 15.0 Å². The SMILES string of the molecule is CC(C)[C@@H]1[C@H](O)[C@@H](O)[C@@H](C(C)C)N(Cc2ccccc2)C(=O)N1Cc1ccccc1. The summed E-state index contributed by atoms with van der Waals surface area (Å²) in [5, 5.41) is 22.4. The number of benzene rings is 2. The van der Waals surface area contributed by atoms with Gasteiger partial charge in [-0.1, -0.05) is 88.4 Å². The van der Waals surface area contributed by atoms with Crippen LogP contribution in [0.5, 0.6) is 0 Å². The zero-order valence-electron chi connectivity index (χ0n) is 18.3. The van der Waals surface area contributed by atoms with E-state index >= 15 is 0 Å². The third-order valence-electron chi connectivity index (χ3n) is 6.02. The number of hydrogen-bond acceptors (Lipinski definition) is 3. The fourth-order valence-electron chi connectivity index (χ4n) is 4.61. The van der Waals surface area contributed by atoms with Gasteiger partial charge in [0.15, 0.2) is 0 Å². The standard InChI is InChI=1S/C25H34N2O3/c1-17(2)21-23(28)24(29)22(18(3)4)27(16-20-13-9-6-10-14-20)25(30)26(21)15-19-11-7-5-8-12-19/h5-14,17-18,21-24,28-29H,15-16H2,1-4H3/t21-,22-,23+,24+/m1/s1. The van der Waals surface area contributed by atoms with Crippen LogP contribution in [0.1, 0.15) is 38.8 Å². The van der Waals surface area contributed by atoms with Crippen LogP contribution in [0.25, 0.3) is 0 Å². The molecular weight excluding hydrogens is 376 g/mol. The summed E-state index contributed by atoms with van der Waals surface area (Å²) >= 11 is 0. The van der Waals surface area contributed by atoms with Crippen molar-refractivity contribution in [3.8, 4) is 0 Å². The first-order valence-corrected chi connectivity index (χ1v) is 10.8. The van der Waals surface area contributed by atoms with E-state index in [1.807, 2.05) is 88.4 Å². The normalized spacial score (nSPS) is 25.1. The minimum absolute atomic E-state index is 0.00759. The Balaban J connectivity index is 2.05. The smallest absolute Gasteiger partial charge is 0.321 e. The summed E-state index contributed by atoms with van der Waals surface area (Å²) < 4.78 is 0. The summed E-state index contributed by atoms with van der Waals surface area (Å²) in [5.74, 6) is -0.0152. The minimum Gasteiger partial charge on any atom is -0.388 e. The van der Waals surface area contributed by atoms with Gasteiger partial charge in [-0.15, -0.1) is 0 Å². The number of carbonyl (C=O) groups excluding carboxylic acids is 1. The van der Waals surface area contributed by atoms with Gasteiger partial charge in [-0.25, -0.2) is 4.79 Å². The lowest BCUT2D eigenvalue weighted by Gasteiger charge is -2.37. The van der Waals surface area contributed by atoms with Crippen LogP contribution < -0.4 is 0 Å². The summed E-state index contributed by atoms with van der Waals surface area (Å²) in [6.07, 6.45) is -2.04. The molecule has 0 spiro atoms. The Bertz CT molecular complexity index is 742. The fourth-order valence-corrected chi connectivity index (χ4v) is 4.61. The highest BCUT2D eigenvalue weighted by Gasteiger charge is 2.48. The van der Waals surface area contributed by atoms with Gasteiger partial charge in [-0.2, -0.15) is 0 Å². The van der Waals surface area contributed by atoms with Gasteiger partial charge in [0.1, 0.15) is 12.2 Å². The molecule has 1 aliphatic rings. The fraction of sp³-hybridized carbons (Fsp3) is 0.480. The van der Waals surface area contributed by atoms with Gasteiger partial charge in [0.2, 0.25) is 0 Å². The van der Waals surface area contributed by atoms with Crippen molar-refractivity contribution in [2.75, 3.05) is 0 Å². The third-order valence-corrected chi connectivity index (χ3v) is 6.02. The Labute approximate surface area is 179 Å². The predicted octanol–water partition coefficient (Wildman–Crippen LogP) is 3.90. The molecule has 2 aromatic carbocycles. The number of urea groups is 1. The second-order valence-corrected chi connectivity index (χ2v) is 8.96. The highest BCUT2D eigenvalue weighted by atomic mass is 16.3. The second-order valence-electron chi connectivity index (χ2n) is 8.96. The number of amides is 2. The first kappa shape index (κ1) is 22.3. The molecule has 5 heteroatoms. The molecule has 1 heterocycles. The Morgan fingerprint density at radius 1 is 0.700 bits per heavy atom. The molecule has 30 heavy (non-hydrogen) atoms. The van der Waals surface area contributed by atoms with Crippen molar-refractivity contribution >= 4 is 6.03 Å². The Kier molecular flexibility index (Phi) is 7.16. The number of rotatable bonds is 6. The van der Waals surface area contributed by atoms with Crippen LogP contribution in [-0.2, 0) is 13.1 Å². The number of aliphatic hydroxyl groups is 2. The maximum Gasteiger partial charge on any atom is 0.321 e. The van der Waals surface area contributed by atoms with Crippen LogP contribution in [0.3, 0.4) is 0 Å². The molecule has 3 rings (SSSR count). The molecule has 4 atom stereocenters. The van der Waals surface area contributed by atoms with E-state index in [0.717, 1.165) is 11.1 Å². The number of nitrogens with zero attached hydrogens (tertiary/aromatic N) is 2. The Morgan fingerprint density at radius 2 is 1.03 bits per heavy atom. The summed E-state index contributed by atoms with van der Waals surface area (Å²) in [7, 11) is 0. The average Bonchev–Trinajstić information content (AvgIpc) is 2.79. The lowest BCUT2D eigenvalue weighted by Crippen LogP contribution is -2.52. The van der Waals surface area contributed by atoms with E-state index in [9.17, 15) is 15.0 Å². The Morgan fingerprint density at radius 3 is 1.33 bits per heavy atom. The lowest BCUT2D eigenvalue weighted by molar-refractivity contribution is -0.0588. The summed E-state index contributed by atoms with van der Waals surface area (Å²) in [5.41, 5.74) is 2.00. The predicted molar refractivity (Wildman–Crippen MR) is 119 cm³/mol. The largest absolute Gasteiger partial charge is 0.388 e. The van der Waals surface area contributed by atoms with E-state index in [2.05, 4.69) is 0 Å². The maximum atomic E-state index is 13.9. The summed E-state index contributed by atoms with van der Waals surface area (Å²) in [6, 6.07) is 18.5. The number of hydrogen-bond donors (Lipinski definition) is 2. The van der Waals surface area contributed by atoms with Gasteiger partial charge < -0.3 is 20.0 Å². The molecule has 2 aromatic rings. The Hall–Kier alpha value is -2.37. The van der Waals surface area contributed by atoms with Crippen molar-refractivity contribution in [1.29, 1.82) is 0 Å². The summed E-state index contributed by atoms with van der Waals surface area (Å²) in [6.45, 7) is 8.74. The van der Waals surface area contributed by atoms with Gasteiger partial charge in [-0.3, -0.25) is 0 Å². The molecule has 0 bridgehead atoms. The van der Waals surface area contributed by atoms with Crippen LogP contribution in [0, 0.1) is 11.8 Å². The second kappa shape index (κ2) is 9.63. The van der Waals surface area contributed by atoms with E-state index < -0.39 is 24.3 Å². The molecule has 1 aliphatic heterocycles. The van der Waals surface area contributed by atoms with Crippen LogP contribution in [0.15, 0.2) is 60.7 Å². The van der Waals surface area contributed by atoms with Crippen molar-refractivity contribution in [1.82, 2.24) is 9.80 Å². The number of aliphatic hydroxyl groups excluding tert-OH is 2. The van der Waals surface area contributed by atoms with Crippen molar-refractivity contribution in [3.05, 3.63) is 71.8 Å². The van der Waals surface area contributed by atoms with Crippen LogP contribution >= 0.6 is 0 Å². The van der Waals surface area contributed by atoms with Crippen molar-refractivity contribution in [2.24, 2.45) is 11.8 Å². The lowest BCUT2D eigenvalue weighted by atomic mass is 9.87. The zero-order chi connectivity index (χ0) is 21.8. The quantitative estimate of drug-likeness (QED) is 0.759. The third kappa shape index (κ3) is 4.68. The first-order chi connectivity index (χ1) is 14.3. The topological polar surface area (TPSA) is 64.0 Å². The molecule has 162 valence electrons. The molecule has 0 saturated carbocycles. The van der Waals surface area contributed by atoms with E-state index in [4.69, 9.17) is 0 Å². The maximum absolute atomic E-state index is 13.9. The van der Waals surface area contributed by atoms with E-state index in [0.29, 0.717) is 13.1 Å². The molecule has 1 saturated heterocycles. The zero-order valence-corrected chi connectivity index (χ0v) is 18.3. The molecule has 2 N–H and O–H groups in total. The van der Waals surface area contributed by atoms with Gasteiger partial charge in [0, 0.05) is 13.1 Å². The molecule has 0 unspecified atom stereocenters. The van der Waals surface area contributed by atoms with Gasteiger partial charge in [0.25, 0.3) is 0 Å². The van der Waals surface area contributed by atoms with Crippen molar-refractivity contribution in [2.45, 2.75) is 65.1 Å². The molecule has 2 amide bonds. The van der Waals surface area contributed by atoms with E-state index in [1.165, 1.54) is 0 Å². The molecule has 5 nitrogen and oxygen atoms in total. The first-order valence-electron chi connectivity index (χ1n) is 10.8. The molecule has 0 radical (unpaired) electrons. The van der Waals surface area contributed by atoms with Gasteiger partial charge >= 0.3 is 6.03 Å². The average molecular weight is 411 g/mol. The molecule has 0 aliphatic carbocycles. The van der Waals surface area contributed by atoms with Gasteiger partial charge in [-0.05, 0) is 23.0 Å². The summed E-state index contributed by atoms with van der Waals surface area (Å²) in [4.78, 5) is 17.4. The highest BCUT2D eigenvalue weighted by Crippen LogP contribution is 2.32. The monoisotopic (exact) mass is 410 g/mol. The van der Waals surface area contributed by atoms with Crippen LogP contribution in [0.2, 0.25) is 0 Å². The molecule has 1 fully saturated rings. The van der Waals surface area contributed by atoms with Crippen LogP contribution in [0.4, 0.5) is 4.79 Å². The molecule has 0 aromatic heterocycles. The van der Waals surface area contributed by atoms with Crippen molar-refractivity contribution in [3.63, 3.8) is 0 Å². The van der Waals surface area contributed by atoms with E-state index in [-0.39, 0.29) is 17.9 Å². The van der Waals surface area contributed by atoms with E-state index in [1.54, 1.807) is 9.80 Å².